The van der Waals surface area contributed by atoms with Crippen molar-refractivity contribution in [1.82, 2.24) is 4.31 Å². The normalized spacial score (nSPS) is 14.2. The number of carbonyl (C=O) groups excluding carboxylic acids is 1. The van der Waals surface area contributed by atoms with Gasteiger partial charge in [0.05, 0.1) is 42.6 Å². The quantitative estimate of drug-likeness (QED) is 0.436. The van der Waals surface area contributed by atoms with Crippen LogP contribution in [0.2, 0.25) is 5.02 Å². The minimum atomic E-state index is -3.61. The Labute approximate surface area is 227 Å². The fraction of sp³-hybridized carbons (Fsp3) is 0.296. The van der Waals surface area contributed by atoms with Gasteiger partial charge in [-0.3, -0.25) is 4.79 Å². The van der Waals surface area contributed by atoms with Crippen LogP contribution in [0.25, 0.3) is 0 Å². The first-order valence-electron chi connectivity index (χ1n) is 11.9. The van der Waals surface area contributed by atoms with Gasteiger partial charge in [-0.2, -0.15) is 4.31 Å². The third kappa shape index (κ3) is 5.52. The van der Waals surface area contributed by atoms with Gasteiger partial charge < -0.3 is 24.4 Å². The summed E-state index contributed by atoms with van der Waals surface area (Å²) in [6.45, 7) is 3.28. The summed E-state index contributed by atoms with van der Waals surface area (Å²) in [4.78, 5) is 15.5. The summed E-state index contributed by atoms with van der Waals surface area (Å²) < 4.78 is 43.8. The molecule has 4 rings (SSSR count). The Balaban J connectivity index is 1.55. The summed E-state index contributed by atoms with van der Waals surface area (Å²) in [6, 6.07) is 15.2. The van der Waals surface area contributed by atoms with Crippen LogP contribution in [-0.4, -0.2) is 66.1 Å². The number of carbonyl (C=O) groups is 1. The predicted octanol–water partition coefficient (Wildman–Crippen LogP) is 4.44. The zero-order chi connectivity index (χ0) is 27.4. The number of amides is 1. The van der Waals surface area contributed by atoms with Gasteiger partial charge in [-0.15, -0.1) is 0 Å². The van der Waals surface area contributed by atoms with E-state index in [0.717, 1.165) is 5.56 Å². The van der Waals surface area contributed by atoms with Crippen LogP contribution in [0.15, 0.2) is 59.5 Å². The minimum absolute atomic E-state index is 0.271. The first-order valence-corrected chi connectivity index (χ1v) is 13.7. The summed E-state index contributed by atoms with van der Waals surface area (Å²) in [5.74, 6) is 0.699. The summed E-state index contributed by atoms with van der Waals surface area (Å²) in [7, 11) is 0.839. The van der Waals surface area contributed by atoms with Crippen LogP contribution in [-0.2, 0) is 10.0 Å². The number of nitrogens with one attached hydrogen (secondary N) is 1. The lowest BCUT2D eigenvalue weighted by atomic mass is 10.1. The van der Waals surface area contributed by atoms with Gasteiger partial charge in [0.25, 0.3) is 5.91 Å². The minimum Gasteiger partial charge on any atom is -0.493 e. The molecule has 38 heavy (non-hydrogen) atoms. The summed E-state index contributed by atoms with van der Waals surface area (Å²) in [6.07, 6.45) is 0. The number of rotatable bonds is 8. The molecule has 1 saturated heterocycles. The molecule has 0 radical (unpaired) electrons. The van der Waals surface area contributed by atoms with Crippen LogP contribution in [0.3, 0.4) is 0 Å². The van der Waals surface area contributed by atoms with E-state index in [0.29, 0.717) is 52.3 Å². The maximum absolute atomic E-state index is 13.2. The number of para-hydroxylation sites is 1. The molecule has 0 aromatic heterocycles. The van der Waals surface area contributed by atoms with E-state index < -0.39 is 15.9 Å². The lowest BCUT2D eigenvalue weighted by molar-refractivity contribution is 0.102. The number of anilines is 2. The highest BCUT2D eigenvalue weighted by molar-refractivity contribution is 7.89. The number of aryl methyl sites for hydroxylation is 1. The molecule has 202 valence electrons. The van der Waals surface area contributed by atoms with Gasteiger partial charge in [-0.1, -0.05) is 35.4 Å². The number of nitrogens with zero attached hydrogens (tertiary/aromatic N) is 2. The van der Waals surface area contributed by atoms with E-state index in [-0.39, 0.29) is 18.0 Å². The zero-order valence-electron chi connectivity index (χ0n) is 21.7. The molecule has 3 aromatic carbocycles. The molecule has 3 aromatic rings. The summed E-state index contributed by atoms with van der Waals surface area (Å²) >= 11 is 6.58. The molecule has 0 bridgehead atoms. The molecule has 0 unspecified atom stereocenters. The Kier molecular flexibility index (Phi) is 8.35. The Hall–Kier alpha value is -3.47. The van der Waals surface area contributed by atoms with E-state index in [1.165, 1.54) is 25.6 Å². The topological polar surface area (TPSA) is 97.4 Å². The van der Waals surface area contributed by atoms with Crippen molar-refractivity contribution in [1.29, 1.82) is 0 Å². The van der Waals surface area contributed by atoms with E-state index in [2.05, 4.69) is 5.32 Å². The number of piperazine rings is 1. The number of halogens is 1. The van der Waals surface area contributed by atoms with Crippen LogP contribution in [0, 0.1) is 6.92 Å². The molecule has 0 spiro atoms. The average molecular weight is 560 g/mol. The molecule has 1 aliphatic heterocycles. The largest absolute Gasteiger partial charge is 0.493 e. The van der Waals surface area contributed by atoms with Gasteiger partial charge >= 0.3 is 0 Å². The van der Waals surface area contributed by atoms with Crippen molar-refractivity contribution in [2.75, 3.05) is 57.7 Å². The Morgan fingerprint density at radius 2 is 1.50 bits per heavy atom. The van der Waals surface area contributed by atoms with Crippen LogP contribution in [0.1, 0.15) is 15.9 Å². The number of ether oxygens (including phenoxy) is 3. The van der Waals surface area contributed by atoms with Gasteiger partial charge in [-0.05, 0) is 43.3 Å². The third-order valence-corrected chi connectivity index (χ3v) is 8.59. The first-order chi connectivity index (χ1) is 18.2. The predicted molar refractivity (Wildman–Crippen MR) is 148 cm³/mol. The molecular formula is C27H30ClN3O6S. The molecule has 1 heterocycles. The SMILES string of the molecule is COc1cc(C(=O)Nc2cccc(Cl)c2N2CCN(S(=O)(=O)c3ccc(C)cc3)CC2)cc(OC)c1OC. The van der Waals surface area contributed by atoms with Crippen molar-refractivity contribution < 1.29 is 27.4 Å². The van der Waals surface area contributed by atoms with Crippen molar-refractivity contribution >= 4 is 38.9 Å². The second kappa shape index (κ2) is 11.5. The summed E-state index contributed by atoms with van der Waals surface area (Å²) in [5.41, 5.74) is 2.43. The Morgan fingerprint density at radius 1 is 0.895 bits per heavy atom. The first kappa shape index (κ1) is 27.6. The van der Waals surface area contributed by atoms with Crippen LogP contribution in [0.4, 0.5) is 11.4 Å². The van der Waals surface area contributed by atoms with Crippen LogP contribution < -0.4 is 24.4 Å². The number of sulfonamides is 1. The van der Waals surface area contributed by atoms with Crippen molar-refractivity contribution in [3.05, 3.63) is 70.7 Å². The Bertz CT molecular complexity index is 1400. The van der Waals surface area contributed by atoms with Crippen LogP contribution >= 0.6 is 11.6 Å². The van der Waals surface area contributed by atoms with Crippen LogP contribution in [0.5, 0.6) is 17.2 Å². The monoisotopic (exact) mass is 559 g/mol. The van der Waals surface area contributed by atoms with Gasteiger partial charge in [0.2, 0.25) is 15.8 Å². The van der Waals surface area contributed by atoms with Gasteiger partial charge in [0.15, 0.2) is 11.5 Å². The van der Waals surface area contributed by atoms with E-state index >= 15 is 0 Å². The lowest BCUT2D eigenvalue weighted by Crippen LogP contribution is -2.49. The highest BCUT2D eigenvalue weighted by atomic mass is 35.5. The highest BCUT2D eigenvalue weighted by Crippen LogP contribution is 2.39. The highest BCUT2D eigenvalue weighted by Gasteiger charge is 2.30. The third-order valence-electron chi connectivity index (χ3n) is 6.38. The van der Waals surface area contributed by atoms with Crippen molar-refractivity contribution in [3.63, 3.8) is 0 Å². The van der Waals surface area contributed by atoms with E-state index in [9.17, 15) is 13.2 Å². The average Bonchev–Trinajstić information content (AvgIpc) is 2.92. The molecule has 0 aliphatic carbocycles. The van der Waals surface area contributed by atoms with Gasteiger partial charge in [0, 0.05) is 31.7 Å². The molecule has 1 amide bonds. The van der Waals surface area contributed by atoms with Gasteiger partial charge in [0.1, 0.15) is 0 Å². The molecule has 9 nitrogen and oxygen atoms in total. The smallest absolute Gasteiger partial charge is 0.255 e. The van der Waals surface area contributed by atoms with E-state index in [1.807, 2.05) is 11.8 Å². The van der Waals surface area contributed by atoms with E-state index in [4.69, 9.17) is 25.8 Å². The van der Waals surface area contributed by atoms with Crippen molar-refractivity contribution in [3.8, 4) is 17.2 Å². The fourth-order valence-electron chi connectivity index (χ4n) is 4.36. The van der Waals surface area contributed by atoms with E-state index in [1.54, 1.807) is 54.6 Å². The number of methoxy groups -OCH3 is 3. The molecule has 1 aliphatic rings. The molecule has 0 saturated carbocycles. The molecule has 11 heteroatoms. The molecule has 0 atom stereocenters. The summed E-state index contributed by atoms with van der Waals surface area (Å²) in [5, 5.41) is 3.38. The molecule has 1 fully saturated rings. The molecule has 1 N–H and O–H groups in total. The molecular weight excluding hydrogens is 530 g/mol. The maximum Gasteiger partial charge on any atom is 0.255 e. The Morgan fingerprint density at radius 3 is 2.05 bits per heavy atom. The second-order valence-corrected chi connectivity index (χ2v) is 11.1. The number of benzene rings is 3. The lowest BCUT2D eigenvalue weighted by Gasteiger charge is -2.36. The second-order valence-electron chi connectivity index (χ2n) is 8.71. The van der Waals surface area contributed by atoms with Crippen molar-refractivity contribution in [2.45, 2.75) is 11.8 Å². The number of hydrogen-bond acceptors (Lipinski definition) is 7. The maximum atomic E-state index is 13.2. The zero-order valence-corrected chi connectivity index (χ0v) is 23.2. The van der Waals surface area contributed by atoms with Crippen molar-refractivity contribution in [2.24, 2.45) is 0 Å². The fourth-order valence-corrected chi connectivity index (χ4v) is 6.07. The standard InChI is InChI=1S/C27H30ClN3O6S/c1-18-8-10-20(11-9-18)38(33,34)31-14-12-30(13-15-31)25-21(28)6-5-7-22(25)29-27(32)19-16-23(35-2)26(37-4)24(17-19)36-3/h5-11,16-17H,12-15H2,1-4H3,(H,29,32). The number of hydrogen-bond donors (Lipinski definition) is 1. The van der Waals surface area contributed by atoms with Gasteiger partial charge in [-0.25, -0.2) is 8.42 Å².